The molecule has 0 spiro atoms. The number of aromatic amines is 1. The Morgan fingerprint density at radius 3 is 2.35 bits per heavy atom. The number of ether oxygens (including phenoxy) is 1. The Morgan fingerprint density at radius 2 is 1.71 bits per heavy atom. The van der Waals surface area contributed by atoms with Gasteiger partial charge in [-0.1, -0.05) is 0 Å². The van der Waals surface area contributed by atoms with Gasteiger partial charge in [0.05, 0.1) is 24.6 Å². The van der Waals surface area contributed by atoms with Crippen LogP contribution >= 0.6 is 0 Å². The van der Waals surface area contributed by atoms with E-state index in [9.17, 15) is 8.42 Å². The number of benzene rings is 1. The topological polar surface area (TPSA) is 125 Å². The number of morpholine rings is 1. The molecule has 11 heteroatoms. The summed E-state index contributed by atoms with van der Waals surface area (Å²) in [4.78, 5) is 11.3. The zero-order valence-electron chi connectivity index (χ0n) is 17.6. The van der Waals surface area contributed by atoms with E-state index < -0.39 is 10.0 Å². The van der Waals surface area contributed by atoms with Crippen LogP contribution in [0.5, 0.6) is 0 Å². The summed E-state index contributed by atoms with van der Waals surface area (Å²) >= 11 is 0. The van der Waals surface area contributed by atoms with Crippen LogP contribution in [0.1, 0.15) is 17.2 Å². The summed E-state index contributed by atoms with van der Waals surface area (Å²) in [5, 5.41) is 9.91. The average molecular weight is 444 g/mol. The largest absolute Gasteiger partial charge is 0.378 e. The van der Waals surface area contributed by atoms with Gasteiger partial charge in [0.15, 0.2) is 0 Å². The van der Waals surface area contributed by atoms with E-state index in [2.05, 4.69) is 35.1 Å². The van der Waals surface area contributed by atoms with Gasteiger partial charge in [-0.25, -0.2) is 18.4 Å². The van der Waals surface area contributed by atoms with Crippen molar-refractivity contribution in [1.82, 2.24) is 20.2 Å². The SMILES string of the molecule is Cc1nc(Nc2ccc(NS(=O)(=O)c3c(C)n[nH]c3C)cc2)cc(N2CCOCC2)n1. The Bertz CT molecular complexity index is 1150. The van der Waals surface area contributed by atoms with Gasteiger partial charge in [0.1, 0.15) is 22.4 Å². The van der Waals surface area contributed by atoms with E-state index in [0.29, 0.717) is 41.9 Å². The molecule has 0 unspecified atom stereocenters. The van der Waals surface area contributed by atoms with Gasteiger partial charge in [-0.3, -0.25) is 9.82 Å². The molecule has 1 aliphatic rings. The van der Waals surface area contributed by atoms with Crippen LogP contribution in [0, 0.1) is 20.8 Å². The summed E-state index contributed by atoms with van der Waals surface area (Å²) in [5.74, 6) is 2.20. The molecule has 10 nitrogen and oxygen atoms in total. The van der Waals surface area contributed by atoms with Crippen molar-refractivity contribution < 1.29 is 13.2 Å². The molecule has 0 saturated carbocycles. The normalized spacial score (nSPS) is 14.5. The van der Waals surface area contributed by atoms with Gasteiger partial charge in [-0.05, 0) is 45.0 Å². The minimum Gasteiger partial charge on any atom is -0.378 e. The molecule has 3 heterocycles. The van der Waals surface area contributed by atoms with E-state index in [4.69, 9.17) is 4.74 Å². The van der Waals surface area contributed by atoms with E-state index in [0.717, 1.165) is 24.6 Å². The fraction of sp³-hybridized carbons (Fsp3) is 0.350. The number of H-pyrrole nitrogens is 1. The van der Waals surface area contributed by atoms with Crippen molar-refractivity contribution in [3.63, 3.8) is 0 Å². The van der Waals surface area contributed by atoms with Crippen molar-refractivity contribution in [3.8, 4) is 0 Å². The summed E-state index contributed by atoms with van der Waals surface area (Å²) < 4.78 is 33.4. The van der Waals surface area contributed by atoms with Gasteiger partial charge < -0.3 is 15.0 Å². The zero-order valence-corrected chi connectivity index (χ0v) is 18.5. The van der Waals surface area contributed by atoms with Gasteiger partial charge in [0.2, 0.25) is 0 Å². The van der Waals surface area contributed by atoms with E-state index in [1.54, 1.807) is 38.1 Å². The van der Waals surface area contributed by atoms with Crippen molar-refractivity contribution in [1.29, 1.82) is 0 Å². The van der Waals surface area contributed by atoms with E-state index >= 15 is 0 Å². The Morgan fingerprint density at radius 1 is 1.03 bits per heavy atom. The molecule has 0 radical (unpaired) electrons. The molecule has 31 heavy (non-hydrogen) atoms. The highest BCUT2D eigenvalue weighted by Gasteiger charge is 2.22. The number of sulfonamides is 1. The van der Waals surface area contributed by atoms with Gasteiger partial charge in [0.25, 0.3) is 10.0 Å². The van der Waals surface area contributed by atoms with Gasteiger partial charge in [-0.2, -0.15) is 5.10 Å². The Labute approximate surface area is 181 Å². The molecule has 3 aromatic rings. The minimum absolute atomic E-state index is 0.168. The standard InChI is InChI=1S/C20H25N7O3S/c1-13-20(14(2)25-24-13)31(28,29)26-17-6-4-16(5-7-17)23-18-12-19(22-15(3)21-18)27-8-10-30-11-9-27/h4-7,12,26H,8-11H2,1-3H3,(H,24,25)(H,21,22,23). The highest BCUT2D eigenvalue weighted by atomic mass is 32.2. The van der Waals surface area contributed by atoms with Crippen LogP contribution in [0.3, 0.4) is 0 Å². The third-order valence-electron chi connectivity index (χ3n) is 4.90. The van der Waals surface area contributed by atoms with Gasteiger partial charge in [0, 0.05) is 30.5 Å². The fourth-order valence-electron chi connectivity index (χ4n) is 3.48. The second-order valence-corrected chi connectivity index (χ2v) is 8.95. The van der Waals surface area contributed by atoms with Crippen molar-refractivity contribution in [2.75, 3.05) is 41.2 Å². The number of aromatic nitrogens is 4. The summed E-state index contributed by atoms with van der Waals surface area (Å²) in [5.41, 5.74) is 2.17. The molecule has 0 amide bonds. The third kappa shape index (κ3) is 4.78. The summed E-state index contributed by atoms with van der Waals surface area (Å²) in [6, 6.07) is 8.88. The maximum Gasteiger partial charge on any atom is 0.265 e. The number of hydrogen-bond acceptors (Lipinski definition) is 8. The van der Waals surface area contributed by atoms with Crippen LogP contribution < -0.4 is 14.9 Å². The first-order valence-corrected chi connectivity index (χ1v) is 11.4. The van der Waals surface area contributed by atoms with Crippen LogP contribution in [-0.2, 0) is 14.8 Å². The van der Waals surface area contributed by atoms with E-state index in [1.165, 1.54) is 0 Å². The summed E-state index contributed by atoms with van der Waals surface area (Å²) in [6.45, 7) is 8.13. The molecule has 1 aromatic carbocycles. The molecule has 0 atom stereocenters. The molecule has 4 rings (SSSR count). The zero-order chi connectivity index (χ0) is 22.0. The molecule has 0 aliphatic carbocycles. The Balaban J connectivity index is 1.48. The lowest BCUT2D eigenvalue weighted by Gasteiger charge is -2.28. The van der Waals surface area contributed by atoms with Crippen molar-refractivity contribution in [2.24, 2.45) is 0 Å². The molecule has 2 aromatic heterocycles. The average Bonchev–Trinajstić information content (AvgIpc) is 3.08. The number of hydrogen-bond donors (Lipinski definition) is 3. The number of rotatable bonds is 6. The quantitative estimate of drug-likeness (QED) is 0.531. The maximum absolute atomic E-state index is 12.7. The summed E-state index contributed by atoms with van der Waals surface area (Å²) in [6.07, 6.45) is 0. The van der Waals surface area contributed by atoms with E-state index in [1.807, 2.05) is 13.0 Å². The van der Waals surface area contributed by atoms with Crippen LogP contribution in [0.2, 0.25) is 0 Å². The van der Waals surface area contributed by atoms with Gasteiger partial charge in [-0.15, -0.1) is 0 Å². The fourth-order valence-corrected chi connectivity index (χ4v) is 4.91. The van der Waals surface area contributed by atoms with Crippen LogP contribution in [0.15, 0.2) is 35.2 Å². The second-order valence-electron chi connectivity index (χ2n) is 7.33. The molecular weight excluding hydrogens is 418 g/mol. The monoisotopic (exact) mass is 443 g/mol. The molecule has 3 N–H and O–H groups in total. The maximum atomic E-state index is 12.7. The number of aryl methyl sites for hydroxylation is 3. The molecule has 1 saturated heterocycles. The summed E-state index contributed by atoms with van der Waals surface area (Å²) in [7, 11) is -3.73. The lowest BCUT2D eigenvalue weighted by molar-refractivity contribution is 0.122. The second kappa shape index (κ2) is 8.52. The molecule has 164 valence electrons. The third-order valence-corrected chi connectivity index (χ3v) is 6.54. The predicted molar refractivity (Wildman–Crippen MR) is 118 cm³/mol. The first-order valence-electron chi connectivity index (χ1n) is 9.92. The first-order chi connectivity index (χ1) is 14.8. The highest BCUT2D eigenvalue weighted by Crippen LogP contribution is 2.24. The smallest absolute Gasteiger partial charge is 0.265 e. The molecule has 0 bridgehead atoms. The number of anilines is 4. The van der Waals surface area contributed by atoms with Gasteiger partial charge >= 0.3 is 0 Å². The van der Waals surface area contributed by atoms with Crippen molar-refractivity contribution >= 4 is 33.0 Å². The Kier molecular flexibility index (Phi) is 5.79. The number of nitrogens with one attached hydrogen (secondary N) is 3. The van der Waals surface area contributed by atoms with Crippen molar-refractivity contribution in [3.05, 3.63) is 47.5 Å². The Hall–Kier alpha value is -3.18. The molecular formula is C20H25N7O3S. The molecule has 1 aliphatic heterocycles. The first kappa shape index (κ1) is 21.1. The molecule has 1 fully saturated rings. The van der Waals surface area contributed by atoms with E-state index in [-0.39, 0.29) is 4.90 Å². The van der Waals surface area contributed by atoms with Crippen molar-refractivity contribution in [2.45, 2.75) is 25.7 Å². The van der Waals surface area contributed by atoms with Crippen LogP contribution in [0.25, 0.3) is 0 Å². The highest BCUT2D eigenvalue weighted by molar-refractivity contribution is 7.92. The van der Waals surface area contributed by atoms with Crippen LogP contribution in [0.4, 0.5) is 23.0 Å². The predicted octanol–water partition coefficient (Wildman–Crippen LogP) is 2.51. The lowest BCUT2D eigenvalue weighted by atomic mass is 10.3. The van der Waals surface area contributed by atoms with Crippen LogP contribution in [-0.4, -0.2) is 54.9 Å². The lowest BCUT2D eigenvalue weighted by Crippen LogP contribution is -2.36. The minimum atomic E-state index is -3.73. The number of nitrogens with zero attached hydrogens (tertiary/aromatic N) is 4.